The van der Waals surface area contributed by atoms with Gasteiger partial charge in [-0.05, 0) is 42.7 Å². The van der Waals surface area contributed by atoms with Gasteiger partial charge in [-0.25, -0.2) is 9.18 Å². The highest BCUT2D eigenvalue weighted by Gasteiger charge is 2.36. The molecule has 0 spiro atoms. The standard InChI is InChI=1S/C21H21F4N3O3/c22-15-8-6-14(7-9-15)12-31-17-4-1-3-16(11-17)27-20(30)28-10-2-5-18(28)19(29)26-13-21(23,24)25/h1,3-4,6-9,11,18H,2,5,10,12-13H2,(H,26,29)(H,27,30). The largest absolute Gasteiger partial charge is 0.489 e. The molecule has 2 aromatic rings. The summed E-state index contributed by atoms with van der Waals surface area (Å²) in [5.41, 5.74) is 1.17. The van der Waals surface area contributed by atoms with E-state index in [1.807, 2.05) is 5.32 Å². The first-order valence-electron chi connectivity index (χ1n) is 9.61. The molecule has 6 nitrogen and oxygen atoms in total. The van der Waals surface area contributed by atoms with E-state index < -0.39 is 30.7 Å². The number of carbonyl (C=O) groups is 2. The molecular weight excluding hydrogens is 418 g/mol. The average Bonchev–Trinajstić information content (AvgIpc) is 3.21. The van der Waals surface area contributed by atoms with Crippen LogP contribution in [-0.2, 0) is 11.4 Å². The van der Waals surface area contributed by atoms with Crippen LogP contribution >= 0.6 is 0 Å². The maximum absolute atomic E-state index is 13.0. The first kappa shape index (κ1) is 22.4. The quantitative estimate of drug-likeness (QED) is 0.667. The number of anilines is 1. The molecule has 1 unspecified atom stereocenters. The molecule has 1 saturated heterocycles. The lowest BCUT2D eigenvalue weighted by molar-refractivity contribution is -0.140. The third kappa shape index (κ3) is 6.59. The lowest BCUT2D eigenvalue weighted by atomic mass is 10.2. The van der Waals surface area contributed by atoms with Crippen molar-refractivity contribution < 1.29 is 31.9 Å². The van der Waals surface area contributed by atoms with E-state index in [9.17, 15) is 27.2 Å². The molecular formula is C21H21F4N3O3. The maximum Gasteiger partial charge on any atom is 0.405 e. The van der Waals surface area contributed by atoms with Crippen molar-refractivity contribution in [3.63, 3.8) is 0 Å². The fourth-order valence-corrected chi connectivity index (χ4v) is 3.19. The number of benzene rings is 2. The van der Waals surface area contributed by atoms with Crippen molar-refractivity contribution >= 4 is 17.6 Å². The Morgan fingerprint density at radius 3 is 2.58 bits per heavy atom. The van der Waals surface area contributed by atoms with Gasteiger partial charge in [0, 0.05) is 18.3 Å². The smallest absolute Gasteiger partial charge is 0.405 e. The summed E-state index contributed by atoms with van der Waals surface area (Å²) in [7, 11) is 0. The lowest BCUT2D eigenvalue weighted by Crippen LogP contribution is -2.49. The molecule has 31 heavy (non-hydrogen) atoms. The van der Waals surface area contributed by atoms with Crippen molar-refractivity contribution in [2.24, 2.45) is 0 Å². The Morgan fingerprint density at radius 1 is 1.13 bits per heavy atom. The third-order valence-electron chi connectivity index (χ3n) is 4.68. The number of ether oxygens (including phenoxy) is 1. The minimum Gasteiger partial charge on any atom is -0.489 e. The van der Waals surface area contributed by atoms with Gasteiger partial charge in [0.25, 0.3) is 0 Å². The van der Waals surface area contributed by atoms with Crippen LogP contribution in [0.1, 0.15) is 18.4 Å². The zero-order chi connectivity index (χ0) is 22.4. The zero-order valence-corrected chi connectivity index (χ0v) is 16.4. The van der Waals surface area contributed by atoms with Gasteiger partial charge in [0.2, 0.25) is 5.91 Å². The van der Waals surface area contributed by atoms with Gasteiger partial charge in [-0.3, -0.25) is 4.79 Å². The molecule has 1 fully saturated rings. The Morgan fingerprint density at radius 2 is 1.87 bits per heavy atom. The summed E-state index contributed by atoms with van der Waals surface area (Å²) in [6.07, 6.45) is -3.72. The highest BCUT2D eigenvalue weighted by molar-refractivity contribution is 5.94. The molecule has 1 heterocycles. The zero-order valence-electron chi connectivity index (χ0n) is 16.4. The van der Waals surface area contributed by atoms with E-state index in [4.69, 9.17) is 4.74 Å². The predicted molar refractivity (Wildman–Crippen MR) is 105 cm³/mol. The molecule has 2 N–H and O–H groups in total. The maximum atomic E-state index is 13.0. The van der Waals surface area contributed by atoms with Crippen LogP contribution in [0.3, 0.4) is 0 Å². The molecule has 10 heteroatoms. The van der Waals surface area contributed by atoms with Crippen molar-refractivity contribution in [3.8, 4) is 5.75 Å². The summed E-state index contributed by atoms with van der Waals surface area (Å²) in [5, 5.41) is 4.47. The number of amides is 3. The molecule has 0 aliphatic carbocycles. The van der Waals surface area contributed by atoms with Gasteiger partial charge in [0.15, 0.2) is 0 Å². The van der Waals surface area contributed by atoms with E-state index in [-0.39, 0.29) is 25.4 Å². The number of nitrogens with zero attached hydrogens (tertiary/aromatic N) is 1. The van der Waals surface area contributed by atoms with Crippen LogP contribution in [-0.4, -0.2) is 42.1 Å². The number of nitrogens with one attached hydrogen (secondary N) is 2. The van der Waals surface area contributed by atoms with Crippen LogP contribution < -0.4 is 15.4 Å². The molecule has 0 radical (unpaired) electrons. The van der Waals surface area contributed by atoms with E-state index in [0.29, 0.717) is 17.9 Å². The second kappa shape index (κ2) is 9.67. The van der Waals surface area contributed by atoms with E-state index >= 15 is 0 Å². The minimum absolute atomic E-state index is 0.200. The van der Waals surface area contributed by atoms with Gasteiger partial charge in [0.1, 0.15) is 30.8 Å². The summed E-state index contributed by atoms with van der Waals surface area (Å²) in [6, 6.07) is 10.8. The van der Waals surface area contributed by atoms with Gasteiger partial charge in [-0.2, -0.15) is 13.2 Å². The number of carbonyl (C=O) groups excluding carboxylic acids is 2. The van der Waals surface area contributed by atoms with Gasteiger partial charge >= 0.3 is 12.2 Å². The van der Waals surface area contributed by atoms with Crippen LogP contribution in [0, 0.1) is 5.82 Å². The summed E-state index contributed by atoms with van der Waals surface area (Å²) in [5.74, 6) is -0.717. The second-order valence-corrected chi connectivity index (χ2v) is 7.06. The molecule has 0 saturated carbocycles. The fraction of sp³-hybridized carbons (Fsp3) is 0.333. The van der Waals surface area contributed by atoms with Crippen molar-refractivity contribution in [2.75, 3.05) is 18.4 Å². The van der Waals surface area contributed by atoms with E-state index in [2.05, 4.69) is 5.32 Å². The number of hydrogen-bond donors (Lipinski definition) is 2. The monoisotopic (exact) mass is 439 g/mol. The highest BCUT2D eigenvalue weighted by Crippen LogP contribution is 2.22. The molecule has 166 valence electrons. The molecule has 0 aromatic heterocycles. The Labute approximate surface area is 176 Å². The van der Waals surface area contributed by atoms with Crippen LogP contribution in [0.2, 0.25) is 0 Å². The normalized spacial score (nSPS) is 16.1. The molecule has 1 aliphatic rings. The Bertz CT molecular complexity index is 919. The van der Waals surface area contributed by atoms with Crippen LogP contribution in [0.4, 0.5) is 28.0 Å². The number of likely N-dealkylation sites (tertiary alicyclic amines) is 1. The summed E-state index contributed by atoms with van der Waals surface area (Å²) in [6.45, 7) is -0.979. The summed E-state index contributed by atoms with van der Waals surface area (Å²) < 4.78 is 55.6. The van der Waals surface area contributed by atoms with Gasteiger partial charge in [0.05, 0.1) is 0 Å². The molecule has 1 atom stereocenters. The predicted octanol–water partition coefficient (Wildman–Crippen LogP) is 4.08. The Hall–Kier alpha value is -3.30. The van der Waals surface area contributed by atoms with Crippen molar-refractivity contribution in [1.82, 2.24) is 10.2 Å². The van der Waals surface area contributed by atoms with E-state index in [0.717, 1.165) is 5.56 Å². The molecule has 3 rings (SSSR count). The van der Waals surface area contributed by atoms with Crippen molar-refractivity contribution in [1.29, 1.82) is 0 Å². The van der Waals surface area contributed by atoms with Crippen LogP contribution in [0.15, 0.2) is 48.5 Å². The van der Waals surface area contributed by atoms with Gasteiger partial charge < -0.3 is 20.3 Å². The lowest BCUT2D eigenvalue weighted by Gasteiger charge is -2.24. The van der Waals surface area contributed by atoms with Gasteiger partial charge in [-0.15, -0.1) is 0 Å². The average molecular weight is 439 g/mol. The van der Waals surface area contributed by atoms with Crippen molar-refractivity contribution in [2.45, 2.75) is 31.7 Å². The third-order valence-corrected chi connectivity index (χ3v) is 4.68. The molecule has 0 bridgehead atoms. The Balaban J connectivity index is 1.57. The van der Waals surface area contributed by atoms with Crippen LogP contribution in [0.5, 0.6) is 5.75 Å². The number of alkyl halides is 3. The van der Waals surface area contributed by atoms with Crippen molar-refractivity contribution in [3.05, 3.63) is 59.9 Å². The number of rotatable bonds is 6. The second-order valence-electron chi connectivity index (χ2n) is 7.06. The summed E-state index contributed by atoms with van der Waals surface area (Å²) >= 11 is 0. The SMILES string of the molecule is O=C(NCC(F)(F)F)C1CCCN1C(=O)Nc1cccc(OCc2ccc(F)cc2)c1. The Kier molecular flexibility index (Phi) is 6.98. The first-order chi connectivity index (χ1) is 14.7. The minimum atomic E-state index is -4.52. The molecule has 3 amide bonds. The number of urea groups is 1. The number of hydrogen-bond acceptors (Lipinski definition) is 3. The van der Waals surface area contributed by atoms with E-state index in [1.54, 1.807) is 36.4 Å². The van der Waals surface area contributed by atoms with E-state index in [1.165, 1.54) is 17.0 Å². The topological polar surface area (TPSA) is 70.7 Å². The first-order valence-corrected chi connectivity index (χ1v) is 9.61. The number of halogens is 4. The van der Waals surface area contributed by atoms with Crippen LogP contribution in [0.25, 0.3) is 0 Å². The summed E-state index contributed by atoms with van der Waals surface area (Å²) in [4.78, 5) is 25.9. The van der Waals surface area contributed by atoms with Gasteiger partial charge in [-0.1, -0.05) is 18.2 Å². The highest BCUT2D eigenvalue weighted by atomic mass is 19.4. The molecule has 2 aromatic carbocycles. The fourth-order valence-electron chi connectivity index (χ4n) is 3.19. The molecule has 1 aliphatic heterocycles.